The van der Waals surface area contributed by atoms with E-state index in [4.69, 9.17) is 14.5 Å². The van der Waals surface area contributed by atoms with Crippen LogP contribution in [0.4, 0.5) is 0 Å². The number of carbonyl (C=O) groups is 2. The summed E-state index contributed by atoms with van der Waals surface area (Å²) in [5.74, 6) is 0.210. The van der Waals surface area contributed by atoms with Gasteiger partial charge in [0.25, 0.3) is 0 Å². The molecule has 0 unspecified atom stereocenters. The zero-order valence-corrected chi connectivity index (χ0v) is 23.4. The van der Waals surface area contributed by atoms with Crippen molar-refractivity contribution in [3.63, 3.8) is 0 Å². The molecule has 0 bridgehead atoms. The fourth-order valence-electron chi connectivity index (χ4n) is 4.33. The number of hydrogen-bond acceptors (Lipinski definition) is 7. The van der Waals surface area contributed by atoms with E-state index in [1.807, 2.05) is 99.5 Å². The third kappa shape index (κ3) is 6.48. The molecular weight excluding hydrogens is 498 g/mol. The molecule has 7 nitrogen and oxygen atoms in total. The van der Waals surface area contributed by atoms with E-state index in [2.05, 4.69) is 5.32 Å². The number of ether oxygens (including phenoxy) is 2. The number of hydrogen-bond donors (Lipinski definition) is 1. The molecule has 1 amide bonds. The first-order valence-electron chi connectivity index (χ1n) is 13.0. The zero-order valence-electron chi connectivity index (χ0n) is 22.6. The van der Waals surface area contributed by atoms with Gasteiger partial charge in [0.2, 0.25) is 5.91 Å². The van der Waals surface area contributed by atoms with Crippen LogP contribution in [0.5, 0.6) is 5.75 Å². The van der Waals surface area contributed by atoms with E-state index in [0.29, 0.717) is 23.6 Å². The van der Waals surface area contributed by atoms with Crippen molar-refractivity contribution < 1.29 is 19.1 Å². The number of allylic oxidation sites excluding steroid dienone is 1. The molecule has 0 fully saturated rings. The number of nitrogens with zero attached hydrogens (tertiary/aromatic N) is 2. The quantitative estimate of drug-likeness (QED) is 0.372. The fraction of sp³-hybridized carbons (Fsp3) is 0.367. The maximum absolute atomic E-state index is 13.4. The molecule has 2 aromatic carbocycles. The van der Waals surface area contributed by atoms with Gasteiger partial charge in [-0.25, -0.2) is 9.79 Å². The van der Waals surface area contributed by atoms with Crippen molar-refractivity contribution in [2.75, 3.05) is 0 Å². The van der Waals surface area contributed by atoms with Crippen molar-refractivity contribution in [2.45, 2.75) is 72.3 Å². The standard InChI is InChI=1S/C30H35N3O4S/c1-6-20(4)31-26(34)16-24-18-38-30-32-21(5)27(29(35)37-19(2)3)28(33(24)30)23-13-10-14-25(15-23)36-17-22-11-8-7-9-12-22/h7-15,18-20,28H,6,16-17H2,1-5H3,(H,31,34)/t20-,28+/m1/s1. The number of benzene rings is 2. The minimum atomic E-state index is -0.508. The second-order valence-corrected chi connectivity index (χ2v) is 10.6. The van der Waals surface area contributed by atoms with Gasteiger partial charge in [0.15, 0.2) is 5.17 Å². The summed E-state index contributed by atoms with van der Waals surface area (Å²) in [6.07, 6.45) is 0.753. The Morgan fingerprint density at radius 2 is 1.87 bits per heavy atom. The number of amidine groups is 1. The number of rotatable bonds is 10. The van der Waals surface area contributed by atoms with Crippen LogP contribution in [0.25, 0.3) is 0 Å². The third-order valence-electron chi connectivity index (χ3n) is 6.35. The molecule has 2 aliphatic rings. The van der Waals surface area contributed by atoms with Crippen molar-refractivity contribution in [1.82, 2.24) is 10.2 Å². The number of nitrogens with one attached hydrogen (secondary N) is 1. The molecule has 0 saturated carbocycles. The lowest BCUT2D eigenvalue weighted by Gasteiger charge is -2.36. The average molecular weight is 534 g/mol. The Hall–Kier alpha value is -3.52. The Kier molecular flexibility index (Phi) is 8.94. The summed E-state index contributed by atoms with van der Waals surface area (Å²) >= 11 is 1.46. The highest BCUT2D eigenvalue weighted by Gasteiger charge is 2.41. The molecule has 1 N–H and O–H groups in total. The van der Waals surface area contributed by atoms with Gasteiger partial charge in [0, 0.05) is 11.7 Å². The van der Waals surface area contributed by atoms with Crippen molar-refractivity contribution in [1.29, 1.82) is 0 Å². The Balaban J connectivity index is 1.68. The summed E-state index contributed by atoms with van der Waals surface area (Å²) in [6.45, 7) is 9.94. The molecule has 8 heteroatoms. The van der Waals surface area contributed by atoms with Crippen LogP contribution in [0.15, 0.2) is 82.0 Å². The van der Waals surface area contributed by atoms with E-state index in [1.165, 1.54) is 11.8 Å². The van der Waals surface area contributed by atoms with Gasteiger partial charge in [-0.2, -0.15) is 0 Å². The van der Waals surface area contributed by atoms with E-state index in [9.17, 15) is 9.59 Å². The van der Waals surface area contributed by atoms with Gasteiger partial charge in [-0.05, 0) is 62.8 Å². The van der Waals surface area contributed by atoms with E-state index < -0.39 is 12.0 Å². The maximum atomic E-state index is 13.4. The van der Waals surface area contributed by atoms with Gasteiger partial charge in [-0.15, -0.1) is 0 Å². The molecule has 0 radical (unpaired) electrons. The highest BCUT2D eigenvalue weighted by Crippen LogP contribution is 2.45. The molecule has 38 heavy (non-hydrogen) atoms. The van der Waals surface area contributed by atoms with E-state index in [0.717, 1.165) is 28.4 Å². The number of carbonyl (C=O) groups excluding carboxylic acids is 2. The number of amides is 1. The lowest BCUT2D eigenvalue weighted by atomic mass is 9.93. The van der Waals surface area contributed by atoms with E-state index in [-0.39, 0.29) is 24.5 Å². The summed E-state index contributed by atoms with van der Waals surface area (Å²) in [5.41, 5.74) is 3.77. The molecule has 0 aromatic heterocycles. The molecular formula is C30H35N3O4S. The smallest absolute Gasteiger partial charge is 0.338 e. The number of fused-ring (bicyclic) bond motifs is 1. The summed E-state index contributed by atoms with van der Waals surface area (Å²) in [4.78, 5) is 32.9. The minimum absolute atomic E-state index is 0.0660. The van der Waals surface area contributed by atoms with Crippen LogP contribution in [-0.2, 0) is 20.9 Å². The third-order valence-corrected chi connectivity index (χ3v) is 7.24. The molecule has 0 saturated heterocycles. The molecule has 0 spiro atoms. The summed E-state index contributed by atoms with van der Waals surface area (Å²) in [6, 6.07) is 17.3. The van der Waals surface area contributed by atoms with Crippen molar-refractivity contribution in [3.8, 4) is 5.75 Å². The first kappa shape index (κ1) is 27.5. The Labute approximate surface area is 229 Å². The number of aliphatic imine (C=N–C) groups is 1. The van der Waals surface area contributed by atoms with Crippen LogP contribution in [0.3, 0.4) is 0 Å². The largest absolute Gasteiger partial charge is 0.489 e. The molecule has 4 rings (SSSR count). The van der Waals surface area contributed by atoms with Gasteiger partial charge < -0.3 is 19.7 Å². The van der Waals surface area contributed by atoms with E-state index in [1.54, 1.807) is 0 Å². The van der Waals surface area contributed by atoms with Crippen LogP contribution >= 0.6 is 11.8 Å². The fourth-order valence-corrected chi connectivity index (χ4v) is 5.30. The Morgan fingerprint density at radius 1 is 1.11 bits per heavy atom. The summed E-state index contributed by atoms with van der Waals surface area (Å²) in [7, 11) is 0. The van der Waals surface area contributed by atoms with Gasteiger partial charge in [-0.1, -0.05) is 61.2 Å². The molecule has 0 aliphatic carbocycles. The van der Waals surface area contributed by atoms with Gasteiger partial charge in [0.05, 0.1) is 29.8 Å². The van der Waals surface area contributed by atoms with E-state index >= 15 is 0 Å². The topological polar surface area (TPSA) is 80.2 Å². The first-order valence-corrected chi connectivity index (χ1v) is 13.9. The van der Waals surface area contributed by atoms with Crippen LogP contribution in [0, 0.1) is 0 Å². The molecule has 2 atom stereocenters. The Bertz CT molecular complexity index is 1270. The molecule has 2 heterocycles. The average Bonchev–Trinajstić information content (AvgIpc) is 3.28. The summed E-state index contributed by atoms with van der Waals surface area (Å²) in [5, 5.41) is 5.72. The molecule has 200 valence electrons. The van der Waals surface area contributed by atoms with Crippen LogP contribution in [-0.4, -0.2) is 34.1 Å². The zero-order chi connectivity index (χ0) is 27.2. The SMILES string of the molecule is CC[C@@H](C)NC(=O)CC1=CSC2=NC(C)=C(C(=O)OC(C)C)[C@H](c3cccc(OCc4ccccc4)c3)N12. The second-order valence-electron chi connectivity index (χ2n) is 9.75. The van der Waals surface area contributed by atoms with Crippen LogP contribution in [0.2, 0.25) is 0 Å². The molecule has 2 aromatic rings. The maximum Gasteiger partial charge on any atom is 0.338 e. The van der Waals surface area contributed by atoms with Gasteiger partial charge in [0.1, 0.15) is 12.4 Å². The predicted molar refractivity (Wildman–Crippen MR) is 151 cm³/mol. The van der Waals surface area contributed by atoms with Crippen LogP contribution < -0.4 is 10.1 Å². The van der Waals surface area contributed by atoms with Crippen LogP contribution in [0.1, 0.15) is 64.6 Å². The second kappa shape index (κ2) is 12.3. The minimum Gasteiger partial charge on any atom is -0.489 e. The van der Waals surface area contributed by atoms with Gasteiger partial charge in [-0.3, -0.25) is 4.79 Å². The highest BCUT2D eigenvalue weighted by molar-refractivity contribution is 8.16. The first-order chi connectivity index (χ1) is 18.3. The van der Waals surface area contributed by atoms with Gasteiger partial charge >= 0.3 is 5.97 Å². The summed E-state index contributed by atoms with van der Waals surface area (Å²) < 4.78 is 11.8. The lowest BCUT2D eigenvalue weighted by molar-refractivity contribution is -0.143. The Morgan fingerprint density at radius 3 is 2.58 bits per heavy atom. The molecule has 2 aliphatic heterocycles. The number of esters is 1. The number of thioether (sulfide) groups is 1. The normalized spacial score (nSPS) is 17.5. The van der Waals surface area contributed by atoms with Crippen molar-refractivity contribution in [2.24, 2.45) is 4.99 Å². The lowest BCUT2D eigenvalue weighted by Crippen LogP contribution is -2.39. The van der Waals surface area contributed by atoms with Crippen molar-refractivity contribution >= 4 is 28.8 Å². The van der Waals surface area contributed by atoms with Crippen molar-refractivity contribution in [3.05, 3.63) is 88.1 Å². The predicted octanol–water partition coefficient (Wildman–Crippen LogP) is 6.10. The highest BCUT2D eigenvalue weighted by atomic mass is 32.2. The monoisotopic (exact) mass is 533 g/mol.